The summed E-state index contributed by atoms with van der Waals surface area (Å²) >= 11 is 0. The number of benzene rings is 2. The van der Waals surface area contributed by atoms with Crippen LogP contribution in [0.1, 0.15) is 17.3 Å². The molecule has 1 heterocycles. The SMILES string of the molecule is CCOC(=O)c1ccccc1NC(=O)CN1CCN(c2ccc(OC)cc2)CC1. The molecule has 0 atom stereocenters. The number of piperazine rings is 1. The molecule has 2 aromatic carbocycles. The van der Waals surface area contributed by atoms with Crippen LogP contribution in [0.2, 0.25) is 0 Å². The van der Waals surface area contributed by atoms with Gasteiger partial charge in [-0.2, -0.15) is 0 Å². The number of carbonyl (C=O) groups is 2. The van der Waals surface area contributed by atoms with E-state index in [1.165, 1.54) is 0 Å². The molecule has 29 heavy (non-hydrogen) atoms. The largest absolute Gasteiger partial charge is 0.497 e. The van der Waals surface area contributed by atoms with E-state index in [-0.39, 0.29) is 12.5 Å². The molecule has 0 aliphatic carbocycles. The van der Waals surface area contributed by atoms with Crippen LogP contribution < -0.4 is 15.0 Å². The molecule has 1 aliphatic rings. The molecule has 1 N–H and O–H groups in total. The summed E-state index contributed by atoms with van der Waals surface area (Å²) in [6.07, 6.45) is 0. The second-order valence-corrected chi connectivity index (χ2v) is 6.78. The Morgan fingerprint density at radius 3 is 2.34 bits per heavy atom. The van der Waals surface area contributed by atoms with Crippen LogP contribution in [0, 0.1) is 0 Å². The first-order valence-corrected chi connectivity index (χ1v) is 9.78. The highest BCUT2D eigenvalue weighted by Crippen LogP contribution is 2.21. The van der Waals surface area contributed by atoms with Gasteiger partial charge in [-0.25, -0.2) is 4.79 Å². The van der Waals surface area contributed by atoms with Crippen molar-refractivity contribution in [1.82, 2.24) is 4.90 Å². The van der Waals surface area contributed by atoms with Gasteiger partial charge in [0.15, 0.2) is 0 Å². The number of rotatable bonds is 7. The lowest BCUT2D eigenvalue weighted by Gasteiger charge is -2.35. The summed E-state index contributed by atoms with van der Waals surface area (Å²) in [6, 6.07) is 14.9. The Morgan fingerprint density at radius 2 is 1.69 bits per heavy atom. The predicted molar refractivity (Wildman–Crippen MR) is 113 cm³/mol. The zero-order chi connectivity index (χ0) is 20.6. The van der Waals surface area contributed by atoms with Crippen molar-refractivity contribution >= 4 is 23.3 Å². The van der Waals surface area contributed by atoms with Crippen LogP contribution in [0.4, 0.5) is 11.4 Å². The van der Waals surface area contributed by atoms with Gasteiger partial charge in [-0.1, -0.05) is 12.1 Å². The first-order chi connectivity index (χ1) is 14.1. The van der Waals surface area contributed by atoms with Crippen molar-refractivity contribution in [2.45, 2.75) is 6.92 Å². The van der Waals surface area contributed by atoms with Crippen LogP contribution in [0.15, 0.2) is 48.5 Å². The molecule has 0 saturated carbocycles. The molecule has 1 aliphatic heterocycles. The van der Waals surface area contributed by atoms with Crippen molar-refractivity contribution in [3.63, 3.8) is 0 Å². The molecular formula is C22H27N3O4. The number of ether oxygens (including phenoxy) is 2. The summed E-state index contributed by atoms with van der Waals surface area (Å²) in [5, 5.41) is 2.84. The summed E-state index contributed by atoms with van der Waals surface area (Å²) in [4.78, 5) is 29.0. The number of para-hydroxylation sites is 1. The van der Waals surface area contributed by atoms with Gasteiger partial charge in [-0.15, -0.1) is 0 Å². The minimum absolute atomic E-state index is 0.139. The number of amides is 1. The van der Waals surface area contributed by atoms with E-state index in [0.717, 1.165) is 37.6 Å². The Kier molecular flexibility index (Phi) is 7.08. The standard InChI is InChI=1S/C22H27N3O4/c1-3-29-22(27)19-6-4-5-7-20(19)23-21(26)16-24-12-14-25(15-13-24)17-8-10-18(28-2)11-9-17/h4-11H,3,12-16H2,1-2H3,(H,23,26). The number of carbonyl (C=O) groups excluding carboxylic acids is 2. The average Bonchev–Trinajstić information content (AvgIpc) is 2.75. The molecule has 0 radical (unpaired) electrons. The summed E-state index contributed by atoms with van der Waals surface area (Å²) in [6.45, 7) is 5.61. The maximum Gasteiger partial charge on any atom is 0.340 e. The molecule has 1 amide bonds. The van der Waals surface area contributed by atoms with Crippen LogP contribution >= 0.6 is 0 Å². The van der Waals surface area contributed by atoms with E-state index in [1.807, 2.05) is 24.3 Å². The van der Waals surface area contributed by atoms with Crippen molar-refractivity contribution in [1.29, 1.82) is 0 Å². The fraction of sp³-hybridized carbons (Fsp3) is 0.364. The molecule has 0 bridgehead atoms. The van der Waals surface area contributed by atoms with E-state index in [1.54, 1.807) is 38.3 Å². The maximum atomic E-state index is 12.5. The molecule has 2 aromatic rings. The normalized spacial score (nSPS) is 14.3. The lowest BCUT2D eigenvalue weighted by atomic mass is 10.1. The first kappa shape index (κ1) is 20.7. The summed E-state index contributed by atoms with van der Waals surface area (Å²) in [7, 11) is 1.66. The van der Waals surface area contributed by atoms with Gasteiger partial charge in [0.05, 0.1) is 31.5 Å². The minimum atomic E-state index is -0.434. The topological polar surface area (TPSA) is 71.1 Å². The van der Waals surface area contributed by atoms with E-state index in [2.05, 4.69) is 15.1 Å². The molecule has 1 saturated heterocycles. The Morgan fingerprint density at radius 1 is 1.00 bits per heavy atom. The molecule has 0 spiro atoms. The molecule has 154 valence electrons. The second-order valence-electron chi connectivity index (χ2n) is 6.78. The summed E-state index contributed by atoms with van der Waals surface area (Å²) < 4.78 is 10.3. The van der Waals surface area contributed by atoms with E-state index >= 15 is 0 Å². The number of hydrogen-bond acceptors (Lipinski definition) is 6. The third-order valence-corrected chi connectivity index (χ3v) is 4.87. The van der Waals surface area contributed by atoms with E-state index in [4.69, 9.17) is 9.47 Å². The lowest BCUT2D eigenvalue weighted by Crippen LogP contribution is -2.48. The van der Waals surface area contributed by atoms with E-state index in [9.17, 15) is 9.59 Å². The Balaban J connectivity index is 1.52. The molecular weight excluding hydrogens is 370 g/mol. The number of anilines is 2. The second kappa shape index (κ2) is 9.93. The van der Waals surface area contributed by atoms with Gasteiger partial charge in [0.25, 0.3) is 0 Å². The van der Waals surface area contributed by atoms with Crippen molar-refractivity contribution in [3.8, 4) is 5.75 Å². The van der Waals surface area contributed by atoms with Gasteiger partial charge in [-0.3, -0.25) is 9.69 Å². The van der Waals surface area contributed by atoms with Crippen molar-refractivity contribution < 1.29 is 19.1 Å². The molecule has 0 unspecified atom stereocenters. The maximum absolute atomic E-state index is 12.5. The first-order valence-electron chi connectivity index (χ1n) is 9.78. The average molecular weight is 397 g/mol. The van der Waals surface area contributed by atoms with Crippen molar-refractivity contribution in [2.24, 2.45) is 0 Å². The molecule has 7 heteroatoms. The van der Waals surface area contributed by atoms with Gasteiger partial charge >= 0.3 is 5.97 Å². The van der Waals surface area contributed by atoms with Gasteiger partial charge in [0.1, 0.15) is 5.75 Å². The Hall–Kier alpha value is -3.06. The number of methoxy groups -OCH3 is 1. The van der Waals surface area contributed by atoms with Gasteiger partial charge < -0.3 is 19.7 Å². The minimum Gasteiger partial charge on any atom is -0.497 e. The van der Waals surface area contributed by atoms with Crippen molar-refractivity contribution in [2.75, 3.05) is 56.7 Å². The number of nitrogens with zero attached hydrogens (tertiary/aromatic N) is 2. The molecule has 7 nitrogen and oxygen atoms in total. The van der Waals surface area contributed by atoms with Crippen LogP contribution in [-0.2, 0) is 9.53 Å². The highest BCUT2D eigenvalue weighted by atomic mass is 16.5. The van der Waals surface area contributed by atoms with Crippen molar-refractivity contribution in [3.05, 3.63) is 54.1 Å². The molecule has 0 aromatic heterocycles. The fourth-order valence-corrected chi connectivity index (χ4v) is 3.33. The zero-order valence-electron chi connectivity index (χ0n) is 16.9. The molecule has 1 fully saturated rings. The van der Waals surface area contributed by atoms with Gasteiger partial charge in [-0.05, 0) is 43.3 Å². The van der Waals surface area contributed by atoms with Gasteiger partial charge in [0.2, 0.25) is 5.91 Å². The van der Waals surface area contributed by atoms with Crippen LogP contribution in [0.3, 0.4) is 0 Å². The van der Waals surface area contributed by atoms with E-state index in [0.29, 0.717) is 17.9 Å². The quantitative estimate of drug-likeness (QED) is 0.725. The summed E-state index contributed by atoms with van der Waals surface area (Å²) in [5.74, 6) is 0.267. The zero-order valence-corrected chi connectivity index (χ0v) is 16.9. The Labute approximate surface area is 171 Å². The predicted octanol–water partition coefficient (Wildman–Crippen LogP) is 2.63. The number of esters is 1. The molecule has 3 rings (SSSR count). The third kappa shape index (κ3) is 5.48. The monoisotopic (exact) mass is 397 g/mol. The van der Waals surface area contributed by atoms with Crippen LogP contribution in [0.25, 0.3) is 0 Å². The Bertz CT molecular complexity index is 830. The van der Waals surface area contributed by atoms with Gasteiger partial charge in [0, 0.05) is 31.9 Å². The number of nitrogens with one attached hydrogen (secondary N) is 1. The third-order valence-electron chi connectivity index (χ3n) is 4.87. The van der Waals surface area contributed by atoms with Crippen LogP contribution in [-0.4, -0.2) is 63.2 Å². The highest BCUT2D eigenvalue weighted by molar-refractivity contribution is 6.01. The highest BCUT2D eigenvalue weighted by Gasteiger charge is 2.20. The smallest absolute Gasteiger partial charge is 0.340 e. The van der Waals surface area contributed by atoms with E-state index < -0.39 is 5.97 Å². The lowest BCUT2D eigenvalue weighted by molar-refractivity contribution is -0.117. The number of hydrogen-bond donors (Lipinski definition) is 1. The van der Waals surface area contributed by atoms with Crippen LogP contribution in [0.5, 0.6) is 5.75 Å². The fourth-order valence-electron chi connectivity index (χ4n) is 3.33. The summed E-state index contributed by atoms with van der Waals surface area (Å²) in [5.41, 5.74) is 2.00.